The van der Waals surface area contributed by atoms with Crippen LogP contribution >= 0.6 is 0 Å². The summed E-state index contributed by atoms with van der Waals surface area (Å²) in [4.78, 5) is 12.3. The zero-order valence-corrected chi connectivity index (χ0v) is 12.7. The molecule has 0 amide bonds. The summed E-state index contributed by atoms with van der Waals surface area (Å²) in [7, 11) is 0. The van der Waals surface area contributed by atoms with Crippen LogP contribution in [0.2, 0.25) is 0 Å². The smallest absolute Gasteiger partial charge is 0.315 e. The highest BCUT2D eigenvalue weighted by atomic mass is 16.5. The minimum absolute atomic E-state index is 0.0636. The van der Waals surface area contributed by atoms with E-state index in [1.807, 2.05) is 6.92 Å². The molecule has 1 N–H and O–H groups in total. The molecule has 3 atom stereocenters. The Bertz CT molecular complexity index is 420. The normalized spacial score (nSPS) is 35.2. The minimum Gasteiger partial charge on any atom is -0.465 e. The van der Waals surface area contributed by atoms with Crippen molar-refractivity contribution in [3.05, 3.63) is 0 Å². The van der Waals surface area contributed by atoms with Crippen LogP contribution in [0.15, 0.2) is 0 Å². The molecule has 0 unspecified atom stereocenters. The first-order valence-electron chi connectivity index (χ1n) is 7.98. The lowest BCUT2D eigenvalue weighted by Gasteiger charge is -2.36. The van der Waals surface area contributed by atoms with Crippen LogP contribution < -0.4 is 0 Å². The van der Waals surface area contributed by atoms with Gasteiger partial charge in [0.05, 0.1) is 23.5 Å². The van der Waals surface area contributed by atoms with Crippen molar-refractivity contribution in [1.29, 1.82) is 0 Å². The third-order valence-electron chi connectivity index (χ3n) is 5.02. The van der Waals surface area contributed by atoms with Crippen LogP contribution in [0.25, 0.3) is 0 Å². The molecule has 3 heteroatoms. The van der Waals surface area contributed by atoms with E-state index in [1.165, 1.54) is 0 Å². The van der Waals surface area contributed by atoms with E-state index in [-0.39, 0.29) is 11.9 Å². The van der Waals surface area contributed by atoms with Crippen LogP contribution in [0.4, 0.5) is 0 Å². The number of fused-ring (bicyclic) bond motifs is 1. The number of hydrogen-bond donors (Lipinski definition) is 1. The summed E-state index contributed by atoms with van der Waals surface area (Å²) in [5.74, 6) is 6.16. The number of ether oxygens (including phenoxy) is 1. The van der Waals surface area contributed by atoms with Crippen molar-refractivity contribution in [2.45, 2.75) is 70.8 Å². The minimum atomic E-state index is -0.960. The van der Waals surface area contributed by atoms with E-state index >= 15 is 0 Å². The molecule has 20 heavy (non-hydrogen) atoms. The van der Waals surface area contributed by atoms with Crippen molar-refractivity contribution in [3.63, 3.8) is 0 Å². The Balaban J connectivity index is 2.16. The third-order valence-corrected chi connectivity index (χ3v) is 5.02. The fraction of sp³-hybridized carbons (Fsp3) is 0.824. The SMILES string of the molecule is CCCCC#C[C@@H]1CC[C@]2(C(=O)OCC)CCC[C@]12O. The largest absolute Gasteiger partial charge is 0.465 e. The fourth-order valence-corrected chi connectivity index (χ4v) is 3.90. The van der Waals surface area contributed by atoms with Gasteiger partial charge < -0.3 is 9.84 Å². The van der Waals surface area contributed by atoms with Gasteiger partial charge in [-0.25, -0.2) is 0 Å². The van der Waals surface area contributed by atoms with Crippen LogP contribution in [0, 0.1) is 23.2 Å². The summed E-state index contributed by atoms with van der Waals surface area (Å²) >= 11 is 0. The lowest BCUT2D eigenvalue weighted by Crippen LogP contribution is -2.49. The Labute approximate surface area is 122 Å². The molecule has 2 fully saturated rings. The molecule has 3 nitrogen and oxygen atoms in total. The van der Waals surface area contributed by atoms with Gasteiger partial charge in [0.2, 0.25) is 0 Å². The van der Waals surface area contributed by atoms with Crippen molar-refractivity contribution >= 4 is 5.97 Å². The van der Waals surface area contributed by atoms with Gasteiger partial charge in [-0.15, -0.1) is 5.92 Å². The van der Waals surface area contributed by atoms with E-state index in [0.717, 1.165) is 44.9 Å². The van der Waals surface area contributed by atoms with Gasteiger partial charge in [-0.2, -0.15) is 0 Å². The van der Waals surface area contributed by atoms with E-state index in [0.29, 0.717) is 13.0 Å². The summed E-state index contributed by atoms with van der Waals surface area (Å²) in [6, 6.07) is 0. The number of unbranched alkanes of at least 4 members (excludes halogenated alkanes) is 2. The Morgan fingerprint density at radius 3 is 2.85 bits per heavy atom. The first-order chi connectivity index (χ1) is 9.60. The van der Waals surface area contributed by atoms with E-state index < -0.39 is 11.0 Å². The van der Waals surface area contributed by atoms with Gasteiger partial charge >= 0.3 is 5.97 Å². The average Bonchev–Trinajstić information content (AvgIpc) is 2.89. The number of rotatable bonds is 4. The predicted molar refractivity (Wildman–Crippen MR) is 77.9 cm³/mol. The maximum Gasteiger partial charge on any atom is 0.315 e. The molecular weight excluding hydrogens is 252 g/mol. The Morgan fingerprint density at radius 1 is 1.35 bits per heavy atom. The molecule has 0 saturated heterocycles. The molecule has 2 rings (SSSR count). The van der Waals surface area contributed by atoms with Crippen molar-refractivity contribution in [1.82, 2.24) is 0 Å². The van der Waals surface area contributed by atoms with Gasteiger partial charge in [0.1, 0.15) is 0 Å². The lowest BCUT2D eigenvalue weighted by molar-refractivity contribution is -0.168. The first-order valence-corrected chi connectivity index (χ1v) is 7.98. The molecule has 2 saturated carbocycles. The van der Waals surface area contributed by atoms with Crippen LogP contribution in [-0.2, 0) is 9.53 Å². The highest BCUT2D eigenvalue weighted by molar-refractivity contribution is 5.80. The number of esters is 1. The zero-order chi connectivity index (χ0) is 14.6. The van der Waals surface area contributed by atoms with Crippen molar-refractivity contribution in [2.75, 3.05) is 6.61 Å². The van der Waals surface area contributed by atoms with E-state index in [2.05, 4.69) is 18.8 Å². The highest BCUT2D eigenvalue weighted by Gasteiger charge is 2.66. The van der Waals surface area contributed by atoms with Gasteiger partial charge in [0, 0.05) is 6.42 Å². The number of carbonyl (C=O) groups is 1. The van der Waals surface area contributed by atoms with E-state index in [1.54, 1.807) is 0 Å². The molecule has 2 aliphatic carbocycles. The molecule has 112 valence electrons. The van der Waals surface area contributed by atoms with Gasteiger partial charge in [0.25, 0.3) is 0 Å². The van der Waals surface area contributed by atoms with Crippen LogP contribution in [0.3, 0.4) is 0 Å². The lowest BCUT2D eigenvalue weighted by atomic mass is 9.74. The molecule has 0 aromatic rings. The standard InChI is InChI=1S/C17H26O3/c1-3-5-6-7-9-14-10-13-16(15(18)20-4-2)11-8-12-17(14,16)19/h14,19H,3-6,8,10-13H2,1-2H3/t14-,16+,17+/m1/s1. The summed E-state index contributed by atoms with van der Waals surface area (Å²) in [6.45, 7) is 4.34. The number of carbonyl (C=O) groups excluding carboxylic acids is 1. The fourth-order valence-electron chi connectivity index (χ4n) is 3.90. The zero-order valence-electron chi connectivity index (χ0n) is 12.7. The van der Waals surface area contributed by atoms with Crippen molar-refractivity contribution in [2.24, 2.45) is 11.3 Å². The average molecular weight is 278 g/mol. The molecule has 2 aliphatic rings. The Morgan fingerprint density at radius 2 is 2.15 bits per heavy atom. The second kappa shape index (κ2) is 6.18. The molecule has 0 aromatic carbocycles. The molecule has 0 bridgehead atoms. The summed E-state index contributed by atoms with van der Waals surface area (Å²) in [5.41, 5.74) is -1.65. The first kappa shape index (κ1) is 15.4. The third kappa shape index (κ3) is 2.35. The van der Waals surface area contributed by atoms with Crippen molar-refractivity contribution < 1.29 is 14.6 Å². The van der Waals surface area contributed by atoms with Gasteiger partial charge in [-0.3, -0.25) is 4.79 Å². The summed E-state index contributed by atoms with van der Waals surface area (Å²) in [6.07, 6.45) is 6.97. The Hall–Kier alpha value is -1.01. The second-order valence-corrected chi connectivity index (χ2v) is 6.10. The van der Waals surface area contributed by atoms with Crippen LogP contribution in [0.1, 0.15) is 65.2 Å². The summed E-state index contributed by atoms with van der Waals surface area (Å²) in [5, 5.41) is 11.1. The predicted octanol–water partition coefficient (Wildman–Crippen LogP) is 3.05. The van der Waals surface area contributed by atoms with Gasteiger partial charge in [0.15, 0.2) is 0 Å². The van der Waals surface area contributed by atoms with Gasteiger partial charge in [-0.05, 0) is 45.4 Å². The number of hydrogen-bond acceptors (Lipinski definition) is 3. The monoisotopic (exact) mass is 278 g/mol. The van der Waals surface area contributed by atoms with Crippen molar-refractivity contribution in [3.8, 4) is 11.8 Å². The second-order valence-electron chi connectivity index (χ2n) is 6.10. The Kier molecular flexibility index (Phi) is 4.75. The van der Waals surface area contributed by atoms with Gasteiger partial charge in [-0.1, -0.05) is 19.3 Å². The van der Waals surface area contributed by atoms with E-state index in [9.17, 15) is 9.90 Å². The molecule has 0 aromatic heterocycles. The topological polar surface area (TPSA) is 46.5 Å². The molecule has 0 spiro atoms. The van der Waals surface area contributed by atoms with E-state index in [4.69, 9.17) is 4.74 Å². The summed E-state index contributed by atoms with van der Waals surface area (Å²) < 4.78 is 5.24. The molecular formula is C17H26O3. The molecule has 0 aliphatic heterocycles. The molecule has 0 radical (unpaired) electrons. The van der Waals surface area contributed by atoms with Crippen LogP contribution in [0.5, 0.6) is 0 Å². The maximum atomic E-state index is 12.3. The quantitative estimate of drug-likeness (QED) is 0.488. The number of aliphatic hydroxyl groups is 1. The highest BCUT2D eigenvalue weighted by Crippen LogP contribution is 2.60. The maximum absolute atomic E-state index is 12.3. The van der Waals surface area contributed by atoms with Crippen LogP contribution in [-0.4, -0.2) is 23.3 Å². The molecule has 0 heterocycles.